The van der Waals surface area contributed by atoms with Crippen LogP contribution in [0.2, 0.25) is 0 Å². The summed E-state index contributed by atoms with van der Waals surface area (Å²) in [4.78, 5) is 14.9. The zero-order chi connectivity index (χ0) is 20.3. The lowest BCUT2D eigenvalue weighted by atomic mass is 9.83. The van der Waals surface area contributed by atoms with Crippen molar-refractivity contribution in [3.63, 3.8) is 0 Å². The van der Waals surface area contributed by atoms with Gasteiger partial charge in [0, 0.05) is 18.7 Å². The number of imidazole rings is 1. The molecule has 3 heterocycles. The Bertz CT molecular complexity index is 885. The molecule has 7 nitrogen and oxygen atoms in total. The summed E-state index contributed by atoms with van der Waals surface area (Å²) < 4.78 is 13.6. The van der Waals surface area contributed by atoms with Gasteiger partial charge in [0.2, 0.25) is 0 Å². The van der Waals surface area contributed by atoms with Crippen LogP contribution in [-0.4, -0.2) is 59.6 Å². The van der Waals surface area contributed by atoms with Crippen molar-refractivity contribution < 1.29 is 9.50 Å². The highest BCUT2D eigenvalue weighted by molar-refractivity contribution is 5.64. The van der Waals surface area contributed by atoms with Gasteiger partial charge in [0.15, 0.2) is 0 Å². The Kier molecular flexibility index (Phi) is 5.64. The van der Waals surface area contributed by atoms with E-state index in [0.29, 0.717) is 12.5 Å². The van der Waals surface area contributed by atoms with Crippen molar-refractivity contribution in [2.75, 3.05) is 33.3 Å². The Hall–Kier alpha value is -2.71. The van der Waals surface area contributed by atoms with Crippen LogP contribution >= 0.6 is 0 Å². The van der Waals surface area contributed by atoms with Crippen molar-refractivity contribution in [2.24, 2.45) is 4.99 Å². The van der Waals surface area contributed by atoms with E-state index >= 15 is 0 Å². The molecular weight excluding hydrogens is 371 g/mol. The molecule has 0 saturated carbocycles. The smallest absolute Gasteiger partial charge is 0.149 e. The lowest BCUT2D eigenvalue weighted by Crippen LogP contribution is -2.50. The molecule has 2 aromatic rings. The van der Waals surface area contributed by atoms with Crippen LogP contribution in [0.1, 0.15) is 35.8 Å². The van der Waals surface area contributed by atoms with Gasteiger partial charge in [0.25, 0.3) is 0 Å². The van der Waals surface area contributed by atoms with Crippen molar-refractivity contribution in [3.05, 3.63) is 65.3 Å². The Morgan fingerprint density at radius 1 is 1.28 bits per heavy atom. The fourth-order valence-corrected chi connectivity index (χ4v) is 4.11. The second-order valence-electron chi connectivity index (χ2n) is 7.62. The highest BCUT2D eigenvalue weighted by atomic mass is 19.1. The number of hydrogen-bond acceptors (Lipinski definition) is 6. The van der Waals surface area contributed by atoms with Gasteiger partial charge in [-0.05, 0) is 50.7 Å². The summed E-state index contributed by atoms with van der Waals surface area (Å²) in [6, 6.07) is 6.39. The number of rotatable bonds is 6. The topological polar surface area (TPSA) is 88.6 Å². The molecule has 154 valence electrons. The second-order valence-corrected chi connectivity index (χ2v) is 7.62. The molecule has 1 aromatic carbocycles. The average molecular weight is 398 g/mol. The van der Waals surface area contributed by atoms with Gasteiger partial charge < -0.3 is 25.6 Å². The van der Waals surface area contributed by atoms with Crippen molar-refractivity contribution >= 4 is 6.34 Å². The molecule has 4 rings (SSSR count). The fraction of sp³-hybridized carbons (Fsp3) is 0.429. The molecule has 2 aliphatic rings. The van der Waals surface area contributed by atoms with Gasteiger partial charge in [-0.15, -0.1) is 0 Å². The molecule has 1 fully saturated rings. The quantitative estimate of drug-likeness (QED) is 0.594. The van der Waals surface area contributed by atoms with E-state index in [1.165, 1.54) is 12.1 Å². The summed E-state index contributed by atoms with van der Waals surface area (Å²) in [5.41, 5.74) is 1.52. The molecule has 0 spiro atoms. The van der Waals surface area contributed by atoms with E-state index in [0.717, 1.165) is 48.7 Å². The molecule has 1 saturated heterocycles. The van der Waals surface area contributed by atoms with E-state index in [4.69, 9.17) is 4.98 Å². The molecule has 1 unspecified atom stereocenters. The first-order valence-corrected chi connectivity index (χ1v) is 9.98. The summed E-state index contributed by atoms with van der Waals surface area (Å²) in [5, 5.41) is 15.9. The van der Waals surface area contributed by atoms with Gasteiger partial charge in [-0.2, -0.15) is 0 Å². The van der Waals surface area contributed by atoms with Crippen LogP contribution in [0.25, 0.3) is 0 Å². The van der Waals surface area contributed by atoms with Gasteiger partial charge >= 0.3 is 0 Å². The first kappa shape index (κ1) is 19.6. The zero-order valence-corrected chi connectivity index (χ0v) is 16.5. The molecule has 0 amide bonds. The monoisotopic (exact) mass is 398 g/mol. The van der Waals surface area contributed by atoms with Crippen LogP contribution in [0.3, 0.4) is 0 Å². The first-order valence-electron chi connectivity index (χ1n) is 9.98. The van der Waals surface area contributed by atoms with Crippen LogP contribution in [0.15, 0.2) is 47.4 Å². The molecule has 2 aliphatic heterocycles. The zero-order valence-electron chi connectivity index (χ0n) is 16.5. The standard InChI is InChI=1S/C21H27FN6O/c1-28-9-6-15(7-10-28)20-25-13-19(27-20)21(16-2-4-17(22)5-3-16)18(24-8-11-29)12-23-14-26-21/h2-5,12-15,24,29H,6-11H2,1H3,(H,23,26)(H,25,27). The number of aromatic amines is 1. The molecule has 0 aliphatic carbocycles. The SMILES string of the molecule is CN1CCC(c2nc(C3(c4ccc(F)cc4)NC=NC=C3NCCO)c[nH]2)CC1. The number of benzene rings is 1. The maximum Gasteiger partial charge on any atom is 0.149 e. The van der Waals surface area contributed by atoms with Crippen LogP contribution < -0.4 is 10.6 Å². The Labute approximate surface area is 169 Å². The summed E-state index contributed by atoms with van der Waals surface area (Å²) in [6.07, 6.45) is 7.38. The summed E-state index contributed by atoms with van der Waals surface area (Å²) in [7, 11) is 2.14. The lowest BCUT2D eigenvalue weighted by molar-refractivity contribution is 0.251. The lowest BCUT2D eigenvalue weighted by Gasteiger charge is -2.37. The number of aliphatic hydroxyl groups excluding tert-OH is 1. The number of aliphatic hydroxyl groups is 1. The van der Waals surface area contributed by atoms with Crippen molar-refractivity contribution in [1.29, 1.82) is 0 Å². The number of hydrogen-bond donors (Lipinski definition) is 4. The summed E-state index contributed by atoms with van der Waals surface area (Å²) >= 11 is 0. The molecule has 8 heteroatoms. The molecule has 1 atom stereocenters. The summed E-state index contributed by atoms with van der Waals surface area (Å²) in [6.45, 7) is 2.47. The number of piperidine rings is 1. The van der Waals surface area contributed by atoms with Gasteiger partial charge in [-0.1, -0.05) is 12.1 Å². The van der Waals surface area contributed by atoms with E-state index in [-0.39, 0.29) is 12.4 Å². The normalized spacial score (nSPS) is 22.9. The Balaban J connectivity index is 1.74. The number of H-pyrrole nitrogens is 1. The number of nitrogens with zero attached hydrogens (tertiary/aromatic N) is 3. The van der Waals surface area contributed by atoms with Gasteiger partial charge in [-0.3, -0.25) is 0 Å². The third kappa shape index (κ3) is 3.77. The van der Waals surface area contributed by atoms with Crippen molar-refractivity contribution in [3.8, 4) is 0 Å². The minimum Gasteiger partial charge on any atom is -0.395 e. The first-order chi connectivity index (χ1) is 14.1. The number of halogens is 1. The maximum absolute atomic E-state index is 13.6. The number of nitrogens with one attached hydrogen (secondary N) is 3. The van der Waals surface area contributed by atoms with Crippen molar-refractivity contribution in [1.82, 2.24) is 25.5 Å². The van der Waals surface area contributed by atoms with Gasteiger partial charge in [-0.25, -0.2) is 14.4 Å². The number of aliphatic imine (C=N–C) groups is 1. The van der Waals surface area contributed by atoms with E-state index < -0.39 is 5.54 Å². The summed E-state index contributed by atoms with van der Waals surface area (Å²) in [5.74, 6) is 1.07. The van der Waals surface area contributed by atoms with E-state index in [1.807, 2.05) is 6.20 Å². The second kappa shape index (κ2) is 8.34. The molecule has 29 heavy (non-hydrogen) atoms. The minimum absolute atomic E-state index is 0.0119. The van der Waals surface area contributed by atoms with E-state index in [2.05, 4.69) is 32.6 Å². The largest absolute Gasteiger partial charge is 0.395 e. The molecular formula is C21H27FN6O. The number of aromatic nitrogens is 2. The predicted molar refractivity (Wildman–Crippen MR) is 110 cm³/mol. The fourth-order valence-electron chi connectivity index (χ4n) is 4.11. The molecule has 0 radical (unpaired) electrons. The van der Waals surface area contributed by atoms with Crippen LogP contribution in [-0.2, 0) is 5.54 Å². The maximum atomic E-state index is 13.6. The highest BCUT2D eigenvalue weighted by Crippen LogP contribution is 2.37. The van der Waals surface area contributed by atoms with Crippen LogP contribution in [0.5, 0.6) is 0 Å². The predicted octanol–water partition coefficient (Wildman–Crippen LogP) is 1.66. The molecule has 1 aromatic heterocycles. The van der Waals surface area contributed by atoms with Gasteiger partial charge in [0.05, 0.1) is 30.5 Å². The molecule has 4 N–H and O–H groups in total. The van der Waals surface area contributed by atoms with Crippen molar-refractivity contribution in [2.45, 2.75) is 24.3 Å². The number of likely N-dealkylation sites (tertiary alicyclic amines) is 1. The third-order valence-corrected chi connectivity index (χ3v) is 5.75. The third-order valence-electron chi connectivity index (χ3n) is 5.75. The highest BCUT2D eigenvalue weighted by Gasteiger charge is 2.42. The van der Waals surface area contributed by atoms with Crippen LogP contribution in [0, 0.1) is 5.82 Å². The average Bonchev–Trinajstić information content (AvgIpc) is 3.24. The van der Waals surface area contributed by atoms with Crippen LogP contribution in [0.4, 0.5) is 4.39 Å². The Morgan fingerprint density at radius 3 is 2.76 bits per heavy atom. The molecule has 0 bridgehead atoms. The van der Waals surface area contributed by atoms with E-state index in [1.54, 1.807) is 24.7 Å². The Morgan fingerprint density at radius 2 is 2.03 bits per heavy atom. The van der Waals surface area contributed by atoms with Gasteiger partial charge in [0.1, 0.15) is 17.2 Å². The van der Waals surface area contributed by atoms with E-state index in [9.17, 15) is 9.50 Å². The minimum atomic E-state index is -0.842.